The number of nitrogens with zero attached hydrogens (tertiary/aromatic N) is 2. The van der Waals surface area contributed by atoms with Crippen molar-refractivity contribution in [1.82, 2.24) is 9.78 Å². The van der Waals surface area contributed by atoms with Crippen LogP contribution in [0.3, 0.4) is 0 Å². The highest BCUT2D eigenvalue weighted by atomic mass is 79.9. The second kappa shape index (κ2) is 8.01. The summed E-state index contributed by atoms with van der Waals surface area (Å²) in [6.07, 6.45) is 0. The normalized spacial score (nSPS) is 10.8. The molecule has 0 aliphatic rings. The Morgan fingerprint density at radius 3 is 2.77 bits per heavy atom. The Balaban J connectivity index is 2.08. The zero-order valence-electron chi connectivity index (χ0n) is 13.6. The third-order valence-electron chi connectivity index (χ3n) is 3.32. The second-order valence-corrected chi connectivity index (χ2v) is 7.16. The van der Waals surface area contributed by atoms with Gasteiger partial charge >= 0.3 is 5.97 Å². The van der Waals surface area contributed by atoms with Crippen LogP contribution in [0.2, 0.25) is 0 Å². The van der Waals surface area contributed by atoms with Gasteiger partial charge in [0.2, 0.25) is 0 Å². The van der Waals surface area contributed by atoms with Gasteiger partial charge in [0.1, 0.15) is 22.3 Å². The first-order chi connectivity index (χ1) is 12.5. The number of aromatic nitrogens is 2. The van der Waals surface area contributed by atoms with E-state index in [1.54, 1.807) is 6.92 Å². The highest BCUT2D eigenvalue weighted by Gasteiger charge is 2.19. The third kappa shape index (κ3) is 4.13. The van der Waals surface area contributed by atoms with E-state index in [9.17, 15) is 13.6 Å². The van der Waals surface area contributed by atoms with Crippen LogP contribution in [-0.2, 0) is 4.74 Å². The molecule has 0 bridgehead atoms. The Hall–Kier alpha value is -2.19. The van der Waals surface area contributed by atoms with Gasteiger partial charge in [-0.25, -0.2) is 18.3 Å². The van der Waals surface area contributed by atoms with Crippen molar-refractivity contribution in [2.24, 2.45) is 0 Å². The lowest BCUT2D eigenvalue weighted by Gasteiger charge is -2.08. The van der Waals surface area contributed by atoms with Crippen molar-refractivity contribution in [2.45, 2.75) is 16.8 Å². The summed E-state index contributed by atoms with van der Waals surface area (Å²) in [6, 6.07) is 12.0. The molecule has 0 unspecified atom stereocenters. The van der Waals surface area contributed by atoms with Gasteiger partial charge in [0.25, 0.3) is 0 Å². The smallest absolute Gasteiger partial charge is 0.358 e. The summed E-state index contributed by atoms with van der Waals surface area (Å²) >= 11 is 4.66. The lowest BCUT2D eigenvalue weighted by atomic mass is 10.3. The Bertz CT molecular complexity index is 962. The molecule has 1 heterocycles. The summed E-state index contributed by atoms with van der Waals surface area (Å²) in [7, 11) is 0. The van der Waals surface area contributed by atoms with E-state index in [4.69, 9.17) is 4.74 Å². The van der Waals surface area contributed by atoms with E-state index in [1.165, 1.54) is 22.5 Å². The fourth-order valence-corrected chi connectivity index (χ4v) is 3.73. The van der Waals surface area contributed by atoms with Gasteiger partial charge in [0, 0.05) is 21.5 Å². The first-order valence-corrected chi connectivity index (χ1v) is 9.25. The summed E-state index contributed by atoms with van der Waals surface area (Å²) in [5, 5.41) is 4.58. The fraction of sp³-hybridized carbons (Fsp3) is 0.111. The Morgan fingerprint density at radius 2 is 2.04 bits per heavy atom. The van der Waals surface area contributed by atoms with Crippen molar-refractivity contribution in [2.75, 3.05) is 6.61 Å². The summed E-state index contributed by atoms with van der Waals surface area (Å²) in [5.41, 5.74) is -0.0638. The van der Waals surface area contributed by atoms with Gasteiger partial charge in [-0.1, -0.05) is 33.8 Å². The molecule has 26 heavy (non-hydrogen) atoms. The van der Waals surface area contributed by atoms with Crippen LogP contribution in [0.25, 0.3) is 5.69 Å². The molecule has 8 heteroatoms. The van der Waals surface area contributed by atoms with E-state index in [0.29, 0.717) is 5.03 Å². The van der Waals surface area contributed by atoms with E-state index in [0.717, 1.165) is 27.6 Å². The third-order valence-corrected chi connectivity index (χ3v) is 4.80. The molecular weight excluding hydrogens is 426 g/mol. The first kappa shape index (κ1) is 18.6. The summed E-state index contributed by atoms with van der Waals surface area (Å²) in [4.78, 5) is 12.9. The Morgan fingerprint density at radius 1 is 1.23 bits per heavy atom. The number of ether oxygens (including phenoxy) is 1. The number of benzene rings is 2. The minimum absolute atomic E-state index is 0.0213. The average Bonchev–Trinajstić information content (AvgIpc) is 3.01. The molecule has 2 aromatic carbocycles. The van der Waals surface area contributed by atoms with E-state index >= 15 is 0 Å². The van der Waals surface area contributed by atoms with Crippen molar-refractivity contribution in [1.29, 1.82) is 0 Å². The molecule has 3 aromatic rings. The minimum atomic E-state index is -0.652. The lowest BCUT2D eigenvalue weighted by Crippen LogP contribution is -2.07. The van der Waals surface area contributed by atoms with Gasteiger partial charge < -0.3 is 4.74 Å². The Kier molecular flexibility index (Phi) is 5.73. The van der Waals surface area contributed by atoms with Crippen LogP contribution in [0.1, 0.15) is 17.4 Å². The molecule has 1 aromatic heterocycles. The minimum Gasteiger partial charge on any atom is -0.461 e. The maximum atomic E-state index is 14.2. The quantitative estimate of drug-likeness (QED) is 0.510. The van der Waals surface area contributed by atoms with Crippen LogP contribution in [0.5, 0.6) is 0 Å². The number of carbonyl (C=O) groups excluding carboxylic acids is 1. The van der Waals surface area contributed by atoms with Gasteiger partial charge in [-0.15, -0.1) is 0 Å². The zero-order chi connectivity index (χ0) is 18.7. The van der Waals surface area contributed by atoms with Gasteiger partial charge in [0.15, 0.2) is 5.69 Å². The van der Waals surface area contributed by atoms with Crippen LogP contribution < -0.4 is 0 Å². The molecule has 3 rings (SSSR count). The van der Waals surface area contributed by atoms with Crippen LogP contribution in [0.15, 0.2) is 62.9 Å². The number of hydrogen-bond acceptors (Lipinski definition) is 4. The molecule has 0 spiro atoms. The SMILES string of the molecule is CCOC(=O)c1cc(Sc2cccc(Br)c2)n(-c2cc(F)ccc2F)n1. The van der Waals surface area contributed by atoms with E-state index in [2.05, 4.69) is 21.0 Å². The molecule has 0 saturated heterocycles. The molecule has 0 amide bonds. The van der Waals surface area contributed by atoms with E-state index in [1.807, 2.05) is 24.3 Å². The number of esters is 1. The molecule has 134 valence electrons. The fourth-order valence-electron chi connectivity index (χ4n) is 2.21. The number of carbonyl (C=O) groups is 1. The van der Waals surface area contributed by atoms with Crippen molar-refractivity contribution in [3.05, 3.63) is 70.3 Å². The van der Waals surface area contributed by atoms with Crippen LogP contribution in [0.4, 0.5) is 8.78 Å². The number of hydrogen-bond donors (Lipinski definition) is 0. The second-order valence-electron chi connectivity index (χ2n) is 5.16. The van der Waals surface area contributed by atoms with Crippen molar-refractivity contribution in [3.8, 4) is 5.69 Å². The maximum Gasteiger partial charge on any atom is 0.358 e. The summed E-state index contributed by atoms with van der Waals surface area (Å²) in [5.74, 6) is -1.88. The number of halogens is 3. The van der Waals surface area contributed by atoms with Crippen LogP contribution >= 0.6 is 27.7 Å². The largest absolute Gasteiger partial charge is 0.461 e. The topological polar surface area (TPSA) is 44.1 Å². The van der Waals surface area contributed by atoms with Gasteiger partial charge in [-0.2, -0.15) is 5.10 Å². The first-order valence-electron chi connectivity index (χ1n) is 7.64. The van der Waals surface area contributed by atoms with E-state index < -0.39 is 17.6 Å². The van der Waals surface area contributed by atoms with Gasteiger partial charge in [0.05, 0.1) is 6.61 Å². The zero-order valence-corrected chi connectivity index (χ0v) is 16.0. The maximum absolute atomic E-state index is 14.2. The number of rotatable bonds is 5. The molecule has 0 radical (unpaired) electrons. The molecule has 4 nitrogen and oxygen atoms in total. The molecular formula is C18H13BrF2N2O2S. The van der Waals surface area contributed by atoms with Crippen molar-refractivity contribution >= 4 is 33.7 Å². The molecule has 0 saturated carbocycles. The monoisotopic (exact) mass is 438 g/mol. The predicted octanol–water partition coefficient (Wildman–Crippen LogP) is 5.24. The molecule has 0 N–H and O–H groups in total. The Labute approximate surface area is 161 Å². The molecule has 0 atom stereocenters. The molecule has 0 aliphatic carbocycles. The summed E-state index contributed by atoms with van der Waals surface area (Å²) < 4.78 is 34.9. The van der Waals surface area contributed by atoms with Crippen LogP contribution in [-0.4, -0.2) is 22.4 Å². The van der Waals surface area contributed by atoms with Crippen LogP contribution in [0, 0.1) is 11.6 Å². The van der Waals surface area contributed by atoms with Crippen molar-refractivity contribution in [3.63, 3.8) is 0 Å². The lowest BCUT2D eigenvalue weighted by molar-refractivity contribution is 0.0519. The average molecular weight is 439 g/mol. The molecule has 0 aliphatic heterocycles. The standard InChI is InChI=1S/C18H13BrF2N2O2S/c1-2-25-18(24)15-10-17(26-13-5-3-4-11(19)8-13)23(22-15)16-9-12(20)6-7-14(16)21/h3-10H,2H2,1H3. The van der Waals surface area contributed by atoms with Gasteiger partial charge in [-0.05, 0) is 37.3 Å². The highest BCUT2D eigenvalue weighted by Crippen LogP contribution is 2.32. The highest BCUT2D eigenvalue weighted by molar-refractivity contribution is 9.10. The molecule has 0 fully saturated rings. The van der Waals surface area contributed by atoms with E-state index in [-0.39, 0.29) is 18.0 Å². The summed E-state index contributed by atoms with van der Waals surface area (Å²) in [6.45, 7) is 1.87. The van der Waals surface area contributed by atoms with Gasteiger partial charge in [-0.3, -0.25) is 0 Å². The van der Waals surface area contributed by atoms with Crippen molar-refractivity contribution < 1.29 is 18.3 Å². The predicted molar refractivity (Wildman–Crippen MR) is 97.7 cm³/mol.